The average molecular weight is 590 g/mol. The molecular formula is C33H47N5O3Si. The molecular weight excluding hydrogens is 542 g/mol. The van der Waals surface area contributed by atoms with Crippen LogP contribution < -0.4 is 5.32 Å². The molecule has 3 aromatic rings. The number of hydrogen-bond donors (Lipinski definition) is 2. The Bertz CT molecular complexity index is 1490. The Balaban J connectivity index is 2.15. The molecule has 1 unspecified atom stereocenters. The van der Waals surface area contributed by atoms with Crippen molar-refractivity contribution in [1.29, 1.82) is 0 Å². The van der Waals surface area contributed by atoms with Gasteiger partial charge in [0.05, 0.1) is 11.9 Å². The SMILES string of the molecule is Cc1cccc2ncc(-c3cc(C#C[Si](C(C)C)(C(C)C)C(C)C)nc(NC(=O)C(C)N(CC(C)(C)C)C(=O)O)c3)n12. The maximum absolute atomic E-state index is 13.4. The Hall–Kier alpha value is -3.64. The summed E-state index contributed by atoms with van der Waals surface area (Å²) >= 11 is 0. The molecule has 0 spiro atoms. The van der Waals surface area contributed by atoms with E-state index >= 15 is 0 Å². The van der Waals surface area contributed by atoms with Crippen LogP contribution in [0.2, 0.25) is 16.6 Å². The van der Waals surface area contributed by atoms with Gasteiger partial charge in [0.1, 0.15) is 31.3 Å². The zero-order valence-electron chi connectivity index (χ0n) is 27.0. The second-order valence-electron chi connectivity index (χ2n) is 13.4. The second-order valence-corrected chi connectivity index (χ2v) is 19.0. The standard InChI is InChI=1S/C33H47N5O3Si/c1-21(2)42(22(3)4,23(5)6)16-15-27-17-26(28-19-34-30-14-12-13-24(7)38(28)30)18-29(35-27)36-31(39)25(8)37(32(40)41)20-33(9,10)11/h12-14,17-19,21-23,25H,20H2,1-11H3,(H,40,41)(H,35,36,39). The number of hydrogen-bond acceptors (Lipinski definition) is 4. The highest BCUT2D eigenvalue weighted by Crippen LogP contribution is 2.41. The molecule has 3 rings (SSSR count). The Morgan fingerprint density at radius 2 is 1.67 bits per heavy atom. The summed E-state index contributed by atoms with van der Waals surface area (Å²) in [5, 5.41) is 12.7. The topological polar surface area (TPSA) is 99.8 Å². The minimum atomic E-state index is -2.04. The van der Waals surface area contributed by atoms with E-state index in [0.717, 1.165) is 22.6 Å². The van der Waals surface area contributed by atoms with Gasteiger partial charge in [-0.3, -0.25) is 14.1 Å². The van der Waals surface area contributed by atoms with Crippen molar-refractivity contribution in [2.24, 2.45) is 5.41 Å². The molecule has 0 radical (unpaired) electrons. The monoisotopic (exact) mass is 589 g/mol. The van der Waals surface area contributed by atoms with Gasteiger partial charge >= 0.3 is 6.09 Å². The first kappa shape index (κ1) is 32.9. The summed E-state index contributed by atoms with van der Waals surface area (Å²) in [6, 6.07) is 8.78. The molecule has 3 heterocycles. The Morgan fingerprint density at radius 3 is 2.21 bits per heavy atom. The number of amides is 2. The summed E-state index contributed by atoms with van der Waals surface area (Å²) in [5.41, 5.74) is 8.87. The highest BCUT2D eigenvalue weighted by Gasteiger charge is 2.41. The molecule has 2 amide bonds. The lowest BCUT2D eigenvalue weighted by Gasteiger charge is -2.38. The lowest BCUT2D eigenvalue weighted by molar-refractivity contribution is -0.120. The summed E-state index contributed by atoms with van der Waals surface area (Å²) in [6.45, 7) is 23.3. The number of aryl methyl sites for hydroxylation is 1. The van der Waals surface area contributed by atoms with Crippen LogP contribution in [0.4, 0.5) is 10.6 Å². The fourth-order valence-electron chi connectivity index (χ4n) is 6.07. The maximum atomic E-state index is 13.4. The number of nitrogens with zero attached hydrogens (tertiary/aromatic N) is 4. The van der Waals surface area contributed by atoms with Crippen LogP contribution in [0.1, 0.15) is 80.6 Å². The molecule has 0 saturated heterocycles. The van der Waals surface area contributed by atoms with Gasteiger partial charge in [-0.2, -0.15) is 0 Å². The number of pyridine rings is 2. The summed E-state index contributed by atoms with van der Waals surface area (Å²) in [4.78, 5) is 36.0. The number of imidazole rings is 1. The summed E-state index contributed by atoms with van der Waals surface area (Å²) in [6.07, 6.45) is 0.674. The van der Waals surface area contributed by atoms with Crippen LogP contribution in [0.25, 0.3) is 16.9 Å². The number of fused-ring (bicyclic) bond motifs is 1. The summed E-state index contributed by atoms with van der Waals surface area (Å²) < 4.78 is 2.06. The zero-order valence-corrected chi connectivity index (χ0v) is 28.0. The van der Waals surface area contributed by atoms with Crippen molar-refractivity contribution in [2.45, 2.75) is 98.8 Å². The maximum Gasteiger partial charge on any atom is 0.407 e. The Morgan fingerprint density at radius 1 is 1.05 bits per heavy atom. The summed E-state index contributed by atoms with van der Waals surface area (Å²) in [7, 11) is -2.04. The smallest absolute Gasteiger partial charge is 0.407 e. The molecule has 0 aliphatic heterocycles. The van der Waals surface area contributed by atoms with Crippen molar-refractivity contribution >= 4 is 31.5 Å². The molecule has 0 bridgehead atoms. The number of anilines is 1. The molecule has 0 saturated carbocycles. The fraction of sp³-hybridized carbons (Fsp3) is 0.515. The van der Waals surface area contributed by atoms with E-state index in [-0.39, 0.29) is 12.0 Å². The molecule has 226 valence electrons. The van der Waals surface area contributed by atoms with E-state index in [1.54, 1.807) is 13.0 Å². The van der Waals surface area contributed by atoms with Gasteiger partial charge in [0.15, 0.2) is 0 Å². The van der Waals surface area contributed by atoms with Crippen LogP contribution >= 0.6 is 0 Å². The first-order valence-electron chi connectivity index (χ1n) is 14.8. The van der Waals surface area contributed by atoms with Crippen LogP contribution in [0, 0.1) is 23.8 Å². The van der Waals surface area contributed by atoms with Gasteiger partial charge in [0.25, 0.3) is 0 Å². The van der Waals surface area contributed by atoms with E-state index in [2.05, 4.69) is 67.7 Å². The Kier molecular flexibility index (Phi) is 9.94. The third-order valence-electron chi connectivity index (χ3n) is 8.11. The van der Waals surface area contributed by atoms with E-state index in [1.807, 2.05) is 58.2 Å². The molecule has 9 heteroatoms. The molecule has 2 N–H and O–H groups in total. The number of carbonyl (C=O) groups is 2. The van der Waals surface area contributed by atoms with Gasteiger partial charge in [-0.1, -0.05) is 74.3 Å². The molecule has 0 fully saturated rings. The molecule has 3 aromatic heterocycles. The highest BCUT2D eigenvalue weighted by molar-refractivity contribution is 6.90. The van der Waals surface area contributed by atoms with Gasteiger partial charge < -0.3 is 10.4 Å². The van der Waals surface area contributed by atoms with Crippen molar-refractivity contribution in [3.05, 3.63) is 47.9 Å². The molecule has 42 heavy (non-hydrogen) atoms. The number of nitrogens with one attached hydrogen (secondary N) is 1. The summed E-state index contributed by atoms with van der Waals surface area (Å²) in [5.74, 6) is 3.30. The molecule has 0 aromatic carbocycles. The van der Waals surface area contributed by atoms with Crippen molar-refractivity contribution in [1.82, 2.24) is 19.3 Å². The predicted octanol–water partition coefficient (Wildman–Crippen LogP) is 7.63. The molecule has 0 aliphatic rings. The van der Waals surface area contributed by atoms with Gasteiger partial charge in [-0.05, 0) is 60.2 Å². The van der Waals surface area contributed by atoms with Gasteiger partial charge in [-0.15, -0.1) is 5.54 Å². The van der Waals surface area contributed by atoms with E-state index in [1.165, 1.54) is 4.90 Å². The molecule has 1 atom stereocenters. The third kappa shape index (κ3) is 7.04. The predicted molar refractivity (Wildman–Crippen MR) is 173 cm³/mol. The number of carboxylic acid groups (broad SMARTS) is 1. The molecule has 0 aliphatic carbocycles. The van der Waals surface area contributed by atoms with Crippen molar-refractivity contribution < 1.29 is 14.7 Å². The van der Waals surface area contributed by atoms with Crippen LogP contribution in [-0.4, -0.2) is 57.0 Å². The first-order valence-corrected chi connectivity index (χ1v) is 17.0. The van der Waals surface area contributed by atoms with Crippen molar-refractivity contribution in [2.75, 3.05) is 11.9 Å². The van der Waals surface area contributed by atoms with E-state index in [4.69, 9.17) is 4.98 Å². The average Bonchev–Trinajstić information content (AvgIpc) is 3.31. The van der Waals surface area contributed by atoms with Crippen LogP contribution in [0.5, 0.6) is 0 Å². The van der Waals surface area contributed by atoms with Crippen molar-refractivity contribution in [3.63, 3.8) is 0 Å². The lowest BCUT2D eigenvalue weighted by Crippen LogP contribution is -2.48. The van der Waals surface area contributed by atoms with Crippen LogP contribution in [-0.2, 0) is 4.79 Å². The fourth-order valence-corrected chi connectivity index (χ4v) is 11.3. The number of aromatic nitrogens is 3. The number of rotatable bonds is 8. The first-order chi connectivity index (χ1) is 19.5. The van der Waals surface area contributed by atoms with Crippen LogP contribution in [0.15, 0.2) is 36.5 Å². The van der Waals surface area contributed by atoms with E-state index < -0.39 is 26.1 Å². The third-order valence-corrected chi connectivity index (χ3v) is 14.4. The molecule has 8 nitrogen and oxygen atoms in total. The second kappa shape index (κ2) is 12.7. The number of carbonyl (C=O) groups excluding carboxylic acids is 1. The highest BCUT2D eigenvalue weighted by atomic mass is 28.3. The lowest BCUT2D eigenvalue weighted by atomic mass is 9.95. The largest absolute Gasteiger partial charge is 0.465 e. The van der Waals surface area contributed by atoms with Gasteiger partial charge in [0.2, 0.25) is 5.91 Å². The minimum absolute atomic E-state index is 0.217. The van der Waals surface area contributed by atoms with Gasteiger partial charge in [0, 0.05) is 17.8 Å². The zero-order chi connectivity index (χ0) is 31.6. The van der Waals surface area contributed by atoms with E-state index in [0.29, 0.717) is 28.1 Å². The normalized spacial score (nSPS) is 12.9. The quantitative estimate of drug-likeness (QED) is 0.208. The minimum Gasteiger partial charge on any atom is -0.465 e. The van der Waals surface area contributed by atoms with E-state index in [9.17, 15) is 14.7 Å². The van der Waals surface area contributed by atoms with Gasteiger partial charge in [-0.25, -0.2) is 14.8 Å². The van der Waals surface area contributed by atoms with Crippen molar-refractivity contribution in [3.8, 4) is 22.7 Å². The Labute approximate surface area is 252 Å². The van der Waals surface area contributed by atoms with Crippen LogP contribution in [0.3, 0.4) is 0 Å².